The Kier molecular flexibility index (Phi) is 4.41. The topological polar surface area (TPSA) is 38.3 Å². The fourth-order valence-corrected chi connectivity index (χ4v) is 1.77. The van der Waals surface area contributed by atoms with Crippen molar-refractivity contribution >= 4 is 11.6 Å². The van der Waals surface area contributed by atoms with Gasteiger partial charge in [0.25, 0.3) is 0 Å². The summed E-state index contributed by atoms with van der Waals surface area (Å²) < 4.78 is 5.26. The molecular weight excluding hydrogens is 250 g/mol. The van der Waals surface area contributed by atoms with Gasteiger partial charge in [0.05, 0.1) is 18.4 Å². The van der Waals surface area contributed by atoms with Crippen LogP contribution in [0.5, 0.6) is 5.75 Å². The quantitative estimate of drug-likeness (QED) is 0.847. The van der Waals surface area contributed by atoms with E-state index in [9.17, 15) is 4.79 Å². The molecule has 1 amide bonds. The van der Waals surface area contributed by atoms with Crippen LogP contribution in [-0.4, -0.2) is 13.0 Å². The average Bonchev–Trinajstić information content (AvgIpc) is 2.46. The van der Waals surface area contributed by atoms with Gasteiger partial charge in [0.2, 0.25) is 5.91 Å². The van der Waals surface area contributed by atoms with Crippen LogP contribution in [0.25, 0.3) is 0 Å². The van der Waals surface area contributed by atoms with Gasteiger partial charge >= 0.3 is 0 Å². The first-order valence-corrected chi connectivity index (χ1v) is 6.22. The number of hydrogen-bond acceptors (Lipinski definition) is 2. The number of amides is 1. The highest BCUT2D eigenvalue weighted by atomic mass is 16.5. The van der Waals surface area contributed by atoms with Crippen LogP contribution >= 0.6 is 0 Å². The molecule has 0 saturated carbocycles. The highest BCUT2D eigenvalue weighted by Gasteiger charge is 2.08. The molecule has 0 radical (unpaired) electrons. The summed E-state index contributed by atoms with van der Waals surface area (Å²) >= 11 is 0. The molecule has 2 aromatic rings. The van der Waals surface area contributed by atoms with Crippen molar-refractivity contribution in [3.05, 3.63) is 59.7 Å². The number of para-hydroxylation sites is 1. The summed E-state index contributed by atoms with van der Waals surface area (Å²) in [7, 11) is 1.56. The molecule has 3 nitrogen and oxygen atoms in total. The van der Waals surface area contributed by atoms with E-state index in [0.29, 0.717) is 11.4 Å². The summed E-state index contributed by atoms with van der Waals surface area (Å²) in [5, 5.41) is 2.76. The van der Waals surface area contributed by atoms with Gasteiger partial charge in [-0.2, -0.15) is 0 Å². The van der Waals surface area contributed by atoms with Gasteiger partial charge in [-0.05, 0) is 24.3 Å². The molecular formula is C17H15NO2. The van der Waals surface area contributed by atoms with Crippen molar-refractivity contribution in [3.8, 4) is 17.6 Å². The minimum Gasteiger partial charge on any atom is -0.495 e. The second kappa shape index (κ2) is 6.44. The Labute approximate surface area is 118 Å². The van der Waals surface area contributed by atoms with Gasteiger partial charge in [-0.15, -0.1) is 0 Å². The highest BCUT2D eigenvalue weighted by Crippen LogP contribution is 2.27. The molecule has 100 valence electrons. The Bertz CT molecular complexity index is 666. The van der Waals surface area contributed by atoms with Crippen LogP contribution in [0.3, 0.4) is 0 Å². The zero-order valence-electron chi connectivity index (χ0n) is 11.4. The molecule has 0 aliphatic heterocycles. The van der Waals surface area contributed by atoms with E-state index in [-0.39, 0.29) is 5.91 Å². The monoisotopic (exact) mass is 265 g/mol. The van der Waals surface area contributed by atoms with Crippen molar-refractivity contribution in [2.75, 3.05) is 12.4 Å². The van der Waals surface area contributed by atoms with Gasteiger partial charge < -0.3 is 10.1 Å². The zero-order chi connectivity index (χ0) is 14.4. The largest absolute Gasteiger partial charge is 0.495 e. The van der Waals surface area contributed by atoms with Crippen molar-refractivity contribution in [1.29, 1.82) is 0 Å². The SMILES string of the molecule is COc1cccc(C#Cc2ccccc2)c1NC(C)=O. The number of anilines is 1. The third-order valence-electron chi connectivity index (χ3n) is 2.66. The third-order valence-corrected chi connectivity index (χ3v) is 2.66. The Morgan fingerprint density at radius 2 is 1.80 bits per heavy atom. The van der Waals surface area contributed by atoms with Crippen molar-refractivity contribution in [2.45, 2.75) is 6.92 Å². The second-order valence-corrected chi connectivity index (χ2v) is 4.18. The first-order chi connectivity index (χ1) is 9.70. The summed E-state index contributed by atoms with van der Waals surface area (Å²) in [5.74, 6) is 6.58. The number of benzene rings is 2. The Hall–Kier alpha value is -2.73. The van der Waals surface area contributed by atoms with Crippen molar-refractivity contribution in [1.82, 2.24) is 0 Å². The lowest BCUT2D eigenvalue weighted by Crippen LogP contribution is -2.08. The van der Waals surface area contributed by atoms with E-state index in [1.165, 1.54) is 6.92 Å². The van der Waals surface area contributed by atoms with Crippen molar-refractivity contribution in [3.63, 3.8) is 0 Å². The van der Waals surface area contributed by atoms with Crippen LogP contribution < -0.4 is 10.1 Å². The Morgan fingerprint density at radius 1 is 1.05 bits per heavy atom. The zero-order valence-corrected chi connectivity index (χ0v) is 11.4. The molecule has 0 atom stereocenters. The minimum atomic E-state index is -0.155. The summed E-state index contributed by atoms with van der Waals surface area (Å²) in [6, 6.07) is 15.2. The highest BCUT2D eigenvalue weighted by molar-refractivity contribution is 5.92. The maximum atomic E-state index is 11.3. The number of hydrogen-bond donors (Lipinski definition) is 1. The molecule has 2 rings (SSSR count). The Balaban J connectivity index is 2.41. The minimum absolute atomic E-state index is 0.155. The maximum Gasteiger partial charge on any atom is 0.221 e. The molecule has 0 aliphatic rings. The number of methoxy groups -OCH3 is 1. The lowest BCUT2D eigenvalue weighted by molar-refractivity contribution is -0.114. The average molecular weight is 265 g/mol. The smallest absolute Gasteiger partial charge is 0.221 e. The van der Waals surface area contributed by atoms with E-state index in [2.05, 4.69) is 17.2 Å². The molecule has 3 heteroatoms. The lowest BCUT2D eigenvalue weighted by atomic mass is 10.1. The summed E-state index contributed by atoms with van der Waals surface area (Å²) in [4.78, 5) is 11.3. The maximum absolute atomic E-state index is 11.3. The fraction of sp³-hybridized carbons (Fsp3) is 0.118. The van der Waals surface area contributed by atoms with Gasteiger partial charge in [0.1, 0.15) is 5.75 Å². The van der Waals surface area contributed by atoms with E-state index < -0.39 is 0 Å². The Morgan fingerprint density at radius 3 is 2.45 bits per heavy atom. The van der Waals surface area contributed by atoms with Gasteiger partial charge in [0, 0.05) is 12.5 Å². The van der Waals surface area contributed by atoms with Crippen LogP contribution in [0.1, 0.15) is 18.1 Å². The summed E-state index contributed by atoms with van der Waals surface area (Å²) in [5.41, 5.74) is 2.25. The lowest BCUT2D eigenvalue weighted by Gasteiger charge is -2.10. The molecule has 0 fully saturated rings. The van der Waals surface area contributed by atoms with E-state index in [4.69, 9.17) is 4.74 Å². The predicted molar refractivity (Wildman–Crippen MR) is 79.7 cm³/mol. The van der Waals surface area contributed by atoms with Gasteiger partial charge in [-0.3, -0.25) is 4.79 Å². The molecule has 20 heavy (non-hydrogen) atoms. The molecule has 0 spiro atoms. The molecule has 0 aromatic heterocycles. The van der Waals surface area contributed by atoms with Crippen LogP contribution in [0, 0.1) is 11.8 Å². The van der Waals surface area contributed by atoms with Crippen LogP contribution in [-0.2, 0) is 4.79 Å². The first kappa shape index (κ1) is 13.7. The predicted octanol–water partition coefficient (Wildman–Crippen LogP) is 3.05. The van der Waals surface area contributed by atoms with Crippen molar-refractivity contribution in [2.24, 2.45) is 0 Å². The van der Waals surface area contributed by atoms with Gasteiger partial charge in [-0.25, -0.2) is 0 Å². The summed E-state index contributed by atoms with van der Waals surface area (Å²) in [6.07, 6.45) is 0. The fourth-order valence-electron chi connectivity index (χ4n) is 1.77. The van der Waals surface area contributed by atoms with E-state index in [0.717, 1.165) is 11.1 Å². The van der Waals surface area contributed by atoms with Gasteiger partial charge in [-0.1, -0.05) is 36.1 Å². The molecule has 0 heterocycles. The molecule has 2 aromatic carbocycles. The van der Waals surface area contributed by atoms with Crippen LogP contribution in [0.15, 0.2) is 48.5 Å². The van der Waals surface area contributed by atoms with Gasteiger partial charge in [0.15, 0.2) is 0 Å². The molecule has 0 aliphatic carbocycles. The molecule has 1 N–H and O–H groups in total. The number of carbonyl (C=O) groups excluding carboxylic acids is 1. The molecule has 0 unspecified atom stereocenters. The molecule has 0 saturated heterocycles. The van der Waals surface area contributed by atoms with E-state index in [1.54, 1.807) is 13.2 Å². The third kappa shape index (κ3) is 3.39. The van der Waals surface area contributed by atoms with Crippen LogP contribution in [0.4, 0.5) is 5.69 Å². The van der Waals surface area contributed by atoms with E-state index in [1.807, 2.05) is 42.5 Å². The number of rotatable bonds is 2. The number of carbonyl (C=O) groups is 1. The standard InChI is InChI=1S/C17H15NO2/c1-13(19)18-17-15(9-6-10-16(17)20-2)12-11-14-7-4-3-5-8-14/h3-10H,1-2H3,(H,18,19). The normalized spacial score (nSPS) is 9.30. The second-order valence-electron chi connectivity index (χ2n) is 4.18. The molecule has 0 bridgehead atoms. The number of ether oxygens (including phenoxy) is 1. The van der Waals surface area contributed by atoms with E-state index >= 15 is 0 Å². The first-order valence-electron chi connectivity index (χ1n) is 6.22. The van der Waals surface area contributed by atoms with Crippen LogP contribution in [0.2, 0.25) is 0 Å². The summed E-state index contributed by atoms with van der Waals surface area (Å²) in [6.45, 7) is 1.46. The van der Waals surface area contributed by atoms with Crippen molar-refractivity contribution < 1.29 is 9.53 Å². The number of nitrogens with one attached hydrogen (secondary N) is 1.